The summed E-state index contributed by atoms with van der Waals surface area (Å²) in [6, 6.07) is 0.365. The Morgan fingerprint density at radius 3 is 2.80 bits per heavy atom. The maximum atomic E-state index is 11.9. The fraction of sp³-hybridized carbons (Fsp3) is 0.733. The van der Waals surface area contributed by atoms with Crippen LogP contribution in [0.1, 0.15) is 68.8 Å². The van der Waals surface area contributed by atoms with Crippen molar-refractivity contribution in [1.29, 1.82) is 0 Å². The predicted molar refractivity (Wildman–Crippen MR) is 78.6 cm³/mol. The van der Waals surface area contributed by atoms with Crippen molar-refractivity contribution in [3.8, 4) is 0 Å². The first-order valence-electron chi connectivity index (χ1n) is 7.62. The van der Waals surface area contributed by atoms with Gasteiger partial charge in [0.15, 0.2) is 5.69 Å². The number of nitrogens with zero attached hydrogens (tertiary/aromatic N) is 2. The van der Waals surface area contributed by atoms with Crippen LogP contribution in [0.2, 0.25) is 0 Å². The Kier molecular flexibility index (Phi) is 4.68. The van der Waals surface area contributed by atoms with Gasteiger partial charge in [-0.3, -0.25) is 0 Å². The van der Waals surface area contributed by atoms with Gasteiger partial charge in [-0.25, -0.2) is 9.78 Å². The monoisotopic (exact) mass is 279 g/mol. The molecule has 1 aromatic rings. The number of hydrogen-bond acceptors (Lipinski definition) is 4. The molecule has 0 aliphatic heterocycles. The van der Waals surface area contributed by atoms with E-state index in [4.69, 9.17) is 10.5 Å². The lowest BCUT2D eigenvalue weighted by Crippen LogP contribution is -2.21. The van der Waals surface area contributed by atoms with Gasteiger partial charge in [-0.15, -0.1) is 0 Å². The minimum atomic E-state index is -0.415. The number of aryl methyl sites for hydroxylation is 1. The Hall–Kier alpha value is -1.52. The van der Waals surface area contributed by atoms with Crippen molar-refractivity contribution in [2.24, 2.45) is 5.92 Å². The number of nitrogen functional groups attached to an aromatic ring is 1. The zero-order chi connectivity index (χ0) is 14.7. The Balaban J connectivity index is 2.34. The van der Waals surface area contributed by atoms with Crippen molar-refractivity contribution in [3.63, 3.8) is 0 Å². The van der Waals surface area contributed by atoms with Gasteiger partial charge in [0.25, 0.3) is 0 Å². The summed E-state index contributed by atoms with van der Waals surface area (Å²) in [6.45, 7) is 6.44. The second kappa shape index (κ2) is 6.29. The second-order valence-corrected chi connectivity index (χ2v) is 5.63. The summed E-state index contributed by atoms with van der Waals surface area (Å²) in [5.74, 6) is 1.65. The van der Waals surface area contributed by atoms with E-state index in [1.165, 1.54) is 12.8 Å². The molecule has 0 saturated heterocycles. The minimum Gasteiger partial charge on any atom is -0.461 e. The highest BCUT2D eigenvalue weighted by Gasteiger charge is 2.28. The standard InChI is InChI=1S/C15H25N3O2/c1-4-12-17-13(15(19)20-5-2)14(16)18(12)11-8-6-7-10(3)9-11/h10-11H,4-9,16H2,1-3H3. The molecule has 5 heteroatoms. The van der Waals surface area contributed by atoms with E-state index in [0.29, 0.717) is 24.4 Å². The van der Waals surface area contributed by atoms with Gasteiger partial charge < -0.3 is 15.0 Å². The molecule has 1 aliphatic carbocycles. The maximum Gasteiger partial charge on any atom is 0.360 e. The third-order valence-corrected chi connectivity index (χ3v) is 4.08. The van der Waals surface area contributed by atoms with Gasteiger partial charge >= 0.3 is 5.97 Å². The van der Waals surface area contributed by atoms with E-state index in [1.807, 2.05) is 6.92 Å². The molecule has 0 amide bonds. The van der Waals surface area contributed by atoms with Crippen LogP contribution >= 0.6 is 0 Å². The SMILES string of the molecule is CCOC(=O)c1nc(CC)n(C2CCCC(C)C2)c1N. The van der Waals surface area contributed by atoms with Crippen LogP contribution in [0.15, 0.2) is 0 Å². The van der Waals surface area contributed by atoms with Crippen LogP contribution in [0.3, 0.4) is 0 Å². The number of aromatic nitrogens is 2. The molecule has 1 aromatic heterocycles. The van der Waals surface area contributed by atoms with Gasteiger partial charge in [-0.2, -0.15) is 0 Å². The van der Waals surface area contributed by atoms with Crippen molar-refractivity contribution < 1.29 is 9.53 Å². The topological polar surface area (TPSA) is 70.1 Å². The molecule has 1 fully saturated rings. The number of hydrogen-bond donors (Lipinski definition) is 1. The van der Waals surface area contributed by atoms with Gasteiger partial charge in [0.2, 0.25) is 0 Å². The van der Waals surface area contributed by atoms with Crippen molar-refractivity contribution >= 4 is 11.8 Å². The maximum absolute atomic E-state index is 11.9. The van der Waals surface area contributed by atoms with Crippen LogP contribution in [0.4, 0.5) is 5.82 Å². The summed E-state index contributed by atoms with van der Waals surface area (Å²) in [5.41, 5.74) is 6.47. The summed E-state index contributed by atoms with van der Waals surface area (Å²) >= 11 is 0. The Labute approximate surface area is 120 Å². The number of carbonyl (C=O) groups excluding carboxylic acids is 1. The summed E-state index contributed by atoms with van der Waals surface area (Å²) in [5, 5.41) is 0. The molecule has 0 spiro atoms. The van der Waals surface area contributed by atoms with Crippen molar-refractivity contribution in [1.82, 2.24) is 9.55 Å². The summed E-state index contributed by atoms with van der Waals surface area (Å²) < 4.78 is 7.11. The van der Waals surface area contributed by atoms with Crippen LogP contribution in [-0.4, -0.2) is 22.1 Å². The number of ether oxygens (including phenoxy) is 1. The van der Waals surface area contributed by atoms with E-state index in [9.17, 15) is 4.79 Å². The molecule has 112 valence electrons. The van der Waals surface area contributed by atoms with E-state index < -0.39 is 5.97 Å². The first-order chi connectivity index (χ1) is 9.58. The number of carbonyl (C=O) groups is 1. The molecule has 2 atom stereocenters. The Bertz CT molecular complexity index is 482. The number of nitrogens with two attached hydrogens (primary N) is 1. The average molecular weight is 279 g/mol. The molecule has 1 saturated carbocycles. The van der Waals surface area contributed by atoms with E-state index >= 15 is 0 Å². The molecule has 0 radical (unpaired) electrons. The largest absolute Gasteiger partial charge is 0.461 e. The van der Waals surface area contributed by atoms with Crippen LogP contribution in [0, 0.1) is 5.92 Å². The molecular weight excluding hydrogens is 254 g/mol. The Morgan fingerprint density at radius 1 is 1.45 bits per heavy atom. The molecule has 2 rings (SSSR count). The fourth-order valence-electron chi connectivity index (χ4n) is 3.14. The average Bonchev–Trinajstić information content (AvgIpc) is 2.76. The first-order valence-corrected chi connectivity index (χ1v) is 7.62. The zero-order valence-electron chi connectivity index (χ0n) is 12.7. The number of imidazole rings is 1. The van der Waals surface area contributed by atoms with Gasteiger partial charge in [0.1, 0.15) is 11.6 Å². The van der Waals surface area contributed by atoms with Crippen molar-refractivity contribution in [2.45, 2.75) is 58.9 Å². The van der Waals surface area contributed by atoms with E-state index in [2.05, 4.69) is 16.5 Å². The number of anilines is 1. The molecule has 5 nitrogen and oxygen atoms in total. The minimum absolute atomic E-state index is 0.280. The molecule has 2 unspecified atom stereocenters. The fourth-order valence-corrected chi connectivity index (χ4v) is 3.14. The molecular formula is C15H25N3O2. The summed E-state index contributed by atoms with van der Waals surface area (Å²) in [6.07, 6.45) is 5.48. The van der Waals surface area contributed by atoms with Crippen molar-refractivity contribution in [2.75, 3.05) is 12.3 Å². The summed E-state index contributed by atoms with van der Waals surface area (Å²) in [7, 11) is 0. The smallest absolute Gasteiger partial charge is 0.360 e. The van der Waals surface area contributed by atoms with Crippen LogP contribution in [0.25, 0.3) is 0 Å². The van der Waals surface area contributed by atoms with Crippen LogP contribution < -0.4 is 5.73 Å². The lowest BCUT2D eigenvalue weighted by molar-refractivity contribution is 0.0521. The first kappa shape index (κ1) is 14.9. The number of esters is 1. The van der Waals surface area contributed by atoms with Crippen LogP contribution in [-0.2, 0) is 11.2 Å². The highest BCUT2D eigenvalue weighted by atomic mass is 16.5. The summed E-state index contributed by atoms with van der Waals surface area (Å²) in [4.78, 5) is 16.3. The van der Waals surface area contributed by atoms with Gasteiger partial charge in [-0.1, -0.05) is 26.7 Å². The van der Waals surface area contributed by atoms with Gasteiger partial charge in [0, 0.05) is 12.5 Å². The zero-order valence-corrected chi connectivity index (χ0v) is 12.7. The molecule has 1 heterocycles. The second-order valence-electron chi connectivity index (χ2n) is 5.63. The molecule has 2 N–H and O–H groups in total. The number of rotatable bonds is 4. The molecule has 0 bridgehead atoms. The van der Waals surface area contributed by atoms with Gasteiger partial charge in [0.05, 0.1) is 6.61 Å². The van der Waals surface area contributed by atoms with E-state index in [-0.39, 0.29) is 5.69 Å². The highest BCUT2D eigenvalue weighted by molar-refractivity contribution is 5.92. The lowest BCUT2D eigenvalue weighted by Gasteiger charge is -2.29. The third-order valence-electron chi connectivity index (χ3n) is 4.08. The van der Waals surface area contributed by atoms with Crippen LogP contribution in [0.5, 0.6) is 0 Å². The lowest BCUT2D eigenvalue weighted by atomic mass is 9.87. The Morgan fingerprint density at radius 2 is 2.20 bits per heavy atom. The van der Waals surface area contributed by atoms with E-state index in [0.717, 1.165) is 25.1 Å². The normalized spacial score (nSPS) is 22.8. The molecule has 1 aliphatic rings. The predicted octanol–water partition coefficient (Wildman–Crippen LogP) is 2.96. The molecule has 20 heavy (non-hydrogen) atoms. The quantitative estimate of drug-likeness (QED) is 0.860. The van der Waals surface area contributed by atoms with Gasteiger partial charge in [-0.05, 0) is 25.7 Å². The van der Waals surface area contributed by atoms with Crippen molar-refractivity contribution in [3.05, 3.63) is 11.5 Å². The van der Waals surface area contributed by atoms with E-state index in [1.54, 1.807) is 6.92 Å². The highest BCUT2D eigenvalue weighted by Crippen LogP contribution is 2.35. The third kappa shape index (κ3) is 2.81. The molecule has 0 aromatic carbocycles.